The molecule has 0 radical (unpaired) electrons. The van der Waals surface area contributed by atoms with Gasteiger partial charge in [0.1, 0.15) is 5.82 Å². The van der Waals surface area contributed by atoms with Crippen LogP contribution in [0.1, 0.15) is 72.1 Å². The molecule has 0 spiro atoms. The largest absolute Gasteiger partial charge is 0.384 e. The van der Waals surface area contributed by atoms with E-state index in [1.54, 1.807) is 75.1 Å². The van der Waals surface area contributed by atoms with E-state index in [1.165, 1.54) is 25.5 Å². The van der Waals surface area contributed by atoms with Gasteiger partial charge in [-0.2, -0.15) is 15.0 Å². The second-order valence-electron chi connectivity index (χ2n) is 11.9. The molecule has 1 aromatic carbocycles. The van der Waals surface area contributed by atoms with Crippen molar-refractivity contribution >= 4 is 41.0 Å². The molecular weight excluding hydrogens is 592 g/mol. The molecule has 1 aliphatic rings. The number of nitrogens with zero attached hydrogens (tertiary/aromatic N) is 6. The molecule has 0 unspecified atom stereocenters. The number of carbonyl (C=O) groups excluding carboxylic acids is 2. The van der Waals surface area contributed by atoms with Gasteiger partial charge in [-0.05, 0) is 83.5 Å². The average molecular weight is 637 g/mol. The number of piperidine rings is 1. The number of amides is 2. The molecule has 4 rings (SSSR count). The zero-order chi connectivity index (χ0) is 34.0. The molecule has 246 valence electrons. The first kappa shape index (κ1) is 34.6. The Balaban J connectivity index is 1.58. The fraction of sp³-hybridized carbons (Fsp3) is 0.371. The van der Waals surface area contributed by atoms with E-state index in [9.17, 15) is 14.9 Å². The Bertz CT molecular complexity index is 1710. The van der Waals surface area contributed by atoms with Crippen molar-refractivity contribution in [3.8, 4) is 6.07 Å². The van der Waals surface area contributed by atoms with Crippen LogP contribution < -0.4 is 21.3 Å². The molecule has 1 saturated heterocycles. The summed E-state index contributed by atoms with van der Waals surface area (Å²) in [6, 6.07) is 12.6. The van der Waals surface area contributed by atoms with E-state index in [2.05, 4.69) is 53.9 Å². The van der Waals surface area contributed by atoms with Crippen LogP contribution in [0.4, 0.5) is 17.2 Å². The maximum Gasteiger partial charge on any atom is 0.271 e. The highest BCUT2D eigenvalue weighted by atomic mass is 16.2. The number of nitrogens with one attached hydrogen (secondary N) is 4. The number of nitriles is 1. The molecule has 2 aromatic heterocycles. The Kier molecular flexibility index (Phi) is 11.6. The van der Waals surface area contributed by atoms with E-state index < -0.39 is 5.41 Å². The third-order valence-electron chi connectivity index (χ3n) is 7.88. The Morgan fingerprint density at radius 2 is 1.89 bits per heavy atom. The number of rotatable bonds is 13. The van der Waals surface area contributed by atoms with Crippen molar-refractivity contribution in [2.75, 3.05) is 43.9 Å². The topological polar surface area (TPSA) is 152 Å². The minimum atomic E-state index is -0.835. The highest BCUT2D eigenvalue weighted by Gasteiger charge is 2.23. The maximum atomic E-state index is 13.2. The summed E-state index contributed by atoms with van der Waals surface area (Å²) in [5.74, 6) is 0.263. The molecule has 1 aliphatic heterocycles. The number of anilines is 3. The number of hydrogen-bond donors (Lipinski definition) is 4. The van der Waals surface area contributed by atoms with Crippen LogP contribution in [0.3, 0.4) is 0 Å². The van der Waals surface area contributed by atoms with Gasteiger partial charge in [0, 0.05) is 67.3 Å². The second kappa shape index (κ2) is 15.8. The highest BCUT2D eigenvalue weighted by Crippen LogP contribution is 2.28. The molecule has 4 N–H and O–H groups in total. The molecule has 0 bridgehead atoms. The lowest BCUT2D eigenvalue weighted by atomic mass is 9.90. The van der Waals surface area contributed by atoms with E-state index in [-0.39, 0.29) is 17.5 Å². The summed E-state index contributed by atoms with van der Waals surface area (Å²) in [7, 11) is 1.55. The first-order chi connectivity index (χ1) is 22.5. The predicted molar refractivity (Wildman–Crippen MR) is 187 cm³/mol. The van der Waals surface area contributed by atoms with E-state index in [4.69, 9.17) is 0 Å². The van der Waals surface area contributed by atoms with E-state index >= 15 is 0 Å². The molecule has 3 aromatic rings. The minimum absolute atomic E-state index is 0.201. The molecular formula is C35H44N10O2. The van der Waals surface area contributed by atoms with Crippen LogP contribution >= 0.6 is 0 Å². The van der Waals surface area contributed by atoms with Crippen LogP contribution in [0, 0.1) is 18.3 Å². The normalized spacial score (nSPS) is 14.0. The molecule has 2 amide bonds. The monoisotopic (exact) mass is 636 g/mol. The number of carbonyl (C=O) groups is 2. The zero-order valence-corrected chi connectivity index (χ0v) is 27.9. The summed E-state index contributed by atoms with van der Waals surface area (Å²) in [6.45, 7) is 15.3. The molecule has 0 atom stereocenters. The summed E-state index contributed by atoms with van der Waals surface area (Å²) < 4.78 is 1.56. The van der Waals surface area contributed by atoms with E-state index in [1.807, 2.05) is 13.0 Å². The van der Waals surface area contributed by atoms with Gasteiger partial charge in [0.25, 0.3) is 11.8 Å². The molecule has 47 heavy (non-hydrogen) atoms. The highest BCUT2D eigenvalue weighted by molar-refractivity contribution is 6.04. The van der Waals surface area contributed by atoms with Crippen molar-refractivity contribution < 1.29 is 9.59 Å². The van der Waals surface area contributed by atoms with Crippen molar-refractivity contribution in [3.63, 3.8) is 0 Å². The first-order valence-corrected chi connectivity index (χ1v) is 15.8. The van der Waals surface area contributed by atoms with Crippen LogP contribution in [0.25, 0.3) is 5.82 Å². The molecule has 12 heteroatoms. The molecule has 12 nitrogen and oxygen atoms in total. The van der Waals surface area contributed by atoms with Gasteiger partial charge in [-0.3, -0.25) is 14.6 Å². The number of aliphatic imine (C=N–C) groups is 1. The van der Waals surface area contributed by atoms with Crippen molar-refractivity contribution in [2.24, 2.45) is 4.99 Å². The predicted octanol–water partition coefficient (Wildman–Crippen LogP) is 5.22. The minimum Gasteiger partial charge on any atom is -0.384 e. The molecule has 3 heterocycles. The standard InChI is InChI=1S/C35H44N10O2/c1-7-38-31(19-25(3)39-15-18-44-16-9-8-10-17-44)45-32(22-29(43-45)34(47)37-6)42-28-21-27(12-11-24(28)2)41-33(46)26-13-14-40-30(20-26)35(4,5)23-36/h7,11-14,19-22,39,42H,3,8-10,15-18H2,1-2,4-6H3,(H,37,47)(H,41,46)/b31-19+,38-7-. The number of hydrogen-bond acceptors (Lipinski definition) is 9. The summed E-state index contributed by atoms with van der Waals surface area (Å²) in [4.78, 5) is 37.1. The number of benzene rings is 1. The quantitative estimate of drug-likeness (QED) is 0.147. The number of aryl methyl sites for hydroxylation is 1. The van der Waals surface area contributed by atoms with Crippen molar-refractivity contribution in [1.29, 1.82) is 5.26 Å². The van der Waals surface area contributed by atoms with Gasteiger partial charge in [-0.1, -0.05) is 19.1 Å². The summed E-state index contributed by atoms with van der Waals surface area (Å²) in [5.41, 5.74) is 3.07. The summed E-state index contributed by atoms with van der Waals surface area (Å²) in [6.07, 6.45) is 8.75. The van der Waals surface area contributed by atoms with Gasteiger partial charge in [0.2, 0.25) is 0 Å². The van der Waals surface area contributed by atoms with Crippen molar-refractivity contribution in [2.45, 2.75) is 52.4 Å². The van der Waals surface area contributed by atoms with Crippen LogP contribution in [-0.2, 0) is 5.41 Å². The Hall–Kier alpha value is -5.28. The third kappa shape index (κ3) is 9.14. The Morgan fingerprint density at radius 3 is 2.60 bits per heavy atom. The van der Waals surface area contributed by atoms with Crippen LogP contribution in [0.5, 0.6) is 0 Å². The number of likely N-dealkylation sites (tertiary alicyclic amines) is 1. The van der Waals surface area contributed by atoms with Crippen LogP contribution in [-0.4, -0.2) is 70.9 Å². The average Bonchev–Trinajstić information content (AvgIpc) is 3.50. The lowest BCUT2D eigenvalue weighted by Gasteiger charge is -2.26. The third-order valence-corrected chi connectivity index (χ3v) is 7.88. The van der Waals surface area contributed by atoms with Crippen molar-refractivity contribution in [1.82, 2.24) is 30.3 Å². The smallest absolute Gasteiger partial charge is 0.271 e. The van der Waals surface area contributed by atoms with Gasteiger partial charge in [-0.25, -0.2) is 4.99 Å². The zero-order valence-electron chi connectivity index (χ0n) is 27.9. The van der Waals surface area contributed by atoms with Gasteiger partial charge in [0.15, 0.2) is 11.5 Å². The summed E-state index contributed by atoms with van der Waals surface area (Å²) >= 11 is 0. The second-order valence-corrected chi connectivity index (χ2v) is 11.9. The van der Waals surface area contributed by atoms with Crippen LogP contribution in [0.15, 0.2) is 65.9 Å². The van der Waals surface area contributed by atoms with Gasteiger partial charge in [-0.15, -0.1) is 0 Å². The van der Waals surface area contributed by atoms with Gasteiger partial charge < -0.3 is 26.2 Å². The number of allylic oxidation sites excluding steroid dienone is 1. The Labute approximate surface area is 276 Å². The van der Waals surface area contributed by atoms with E-state index in [0.29, 0.717) is 40.0 Å². The van der Waals surface area contributed by atoms with Crippen molar-refractivity contribution in [3.05, 3.63) is 83.5 Å². The lowest BCUT2D eigenvalue weighted by Crippen LogP contribution is -2.35. The lowest BCUT2D eigenvalue weighted by molar-refractivity contribution is 0.0957. The first-order valence-electron chi connectivity index (χ1n) is 15.8. The van der Waals surface area contributed by atoms with E-state index in [0.717, 1.165) is 31.7 Å². The number of pyridine rings is 1. The maximum absolute atomic E-state index is 13.2. The molecule has 0 aliphatic carbocycles. The molecule has 1 fully saturated rings. The number of aromatic nitrogens is 3. The summed E-state index contributed by atoms with van der Waals surface area (Å²) in [5, 5.41) is 26.4. The fourth-order valence-corrected chi connectivity index (χ4v) is 5.08. The van der Waals surface area contributed by atoms with Gasteiger partial charge >= 0.3 is 0 Å². The Morgan fingerprint density at radius 1 is 1.13 bits per heavy atom. The fourth-order valence-electron chi connectivity index (χ4n) is 5.08. The van der Waals surface area contributed by atoms with Gasteiger partial charge in [0.05, 0.1) is 17.2 Å². The SMILES string of the molecule is C=C(/C=C(\N=C/C)n1nc(C(=O)NC)cc1Nc1cc(NC(=O)c2ccnc(C(C)(C)C#N)c2)ccc1C)NCCN1CCCCC1. The molecule has 0 saturated carbocycles. The van der Waals surface area contributed by atoms with Crippen LogP contribution in [0.2, 0.25) is 0 Å².